The van der Waals surface area contributed by atoms with E-state index in [1.54, 1.807) is 11.3 Å². The summed E-state index contributed by atoms with van der Waals surface area (Å²) in [5.41, 5.74) is 2.23. The van der Waals surface area contributed by atoms with Gasteiger partial charge in [-0.05, 0) is 44.0 Å². The van der Waals surface area contributed by atoms with E-state index in [2.05, 4.69) is 38.4 Å². The number of fused-ring (bicyclic) bond motifs is 1. The Morgan fingerprint density at radius 1 is 1.23 bits per heavy atom. The van der Waals surface area contributed by atoms with Crippen LogP contribution in [0.3, 0.4) is 0 Å². The van der Waals surface area contributed by atoms with E-state index < -0.39 is 0 Å². The van der Waals surface area contributed by atoms with Crippen molar-refractivity contribution >= 4 is 22.4 Å². The van der Waals surface area contributed by atoms with Crippen molar-refractivity contribution in [3.63, 3.8) is 0 Å². The molecule has 114 valence electrons. The fourth-order valence-corrected chi connectivity index (χ4v) is 3.90. The number of thiazole rings is 1. The summed E-state index contributed by atoms with van der Waals surface area (Å²) in [6, 6.07) is 8.28. The Kier molecular flexibility index (Phi) is 3.91. The molecular weight excluding hydrogens is 292 g/mol. The molecule has 1 saturated heterocycles. The van der Waals surface area contributed by atoms with E-state index in [0.717, 1.165) is 35.7 Å². The predicted molar refractivity (Wildman–Crippen MR) is 89.9 cm³/mol. The molecule has 2 aromatic heterocycles. The zero-order chi connectivity index (χ0) is 14.8. The van der Waals surface area contributed by atoms with Crippen molar-refractivity contribution < 1.29 is 0 Å². The zero-order valence-electron chi connectivity index (χ0n) is 12.5. The average molecular weight is 312 g/mol. The van der Waals surface area contributed by atoms with Crippen molar-refractivity contribution in [3.8, 4) is 0 Å². The molecule has 0 radical (unpaired) electrons. The Bertz CT molecular complexity index is 693. The normalized spacial score (nSPS) is 17.3. The Morgan fingerprint density at radius 2 is 2.09 bits per heavy atom. The first-order chi connectivity index (χ1) is 10.9. The molecule has 1 N–H and O–H groups in total. The van der Waals surface area contributed by atoms with E-state index in [9.17, 15) is 0 Å². The third-order valence-electron chi connectivity index (χ3n) is 4.47. The number of rotatable bonds is 4. The van der Waals surface area contributed by atoms with Crippen LogP contribution < -0.4 is 0 Å². The number of piperidine rings is 1. The van der Waals surface area contributed by atoms with Gasteiger partial charge in [0.2, 0.25) is 0 Å². The van der Waals surface area contributed by atoms with Gasteiger partial charge in [0.05, 0.1) is 17.6 Å². The lowest BCUT2D eigenvalue weighted by Crippen LogP contribution is -2.33. The summed E-state index contributed by atoms with van der Waals surface area (Å²) in [5, 5.41) is 3.29. The summed E-state index contributed by atoms with van der Waals surface area (Å²) in [7, 11) is 0. The van der Waals surface area contributed by atoms with Crippen molar-refractivity contribution in [2.75, 3.05) is 13.1 Å². The molecule has 3 aromatic rings. The van der Waals surface area contributed by atoms with E-state index in [1.165, 1.54) is 30.9 Å². The number of nitrogens with one attached hydrogen (secondary N) is 1. The molecule has 0 bridgehead atoms. The van der Waals surface area contributed by atoms with Gasteiger partial charge in [0, 0.05) is 18.0 Å². The van der Waals surface area contributed by atoms with Gasteiger partial charge in [-0.15, -0.1) is 11.3 Å². The standard InChI is InChI=1S/C17H20N4S/c1-2-4-15-14(3-1)19-16(20-15)11-13-5-8-21(9-6-13)12-17-18-7-10-22-17/h1-4,7,10,13H,5-6,8-9,11-12H2,(H,19,20). The van der Waals surface area contributed by atoms with E-state index in [0.29, 0.717) is 0 Å². The van der Waals surface area contributed by atoms with Crippen LogP contribution >= 0.6 is 11.3 Å². The molecule has 0 aliphatic carbocycles. The minimum absolute atomic E-state index is 0.744. The molecule has 5 heteroatoms. The molecule has 1 fully saturated rings. The van der Waals surface area contributed by atoms with E-state index >= 15 is 0 Å². The van der Waals surface area contributed by atoms with Crippen LogP contribution in [0.2, 0.25) is 0 Å². The third-order valence-corrected chi connectivity index (χ3v) is 5.23. The van der Waals surface area contributed by atoms with E-state index in [4.69, 9.17) is 4.98 Å². The summed E-state index contributed by atoms with van der Waals surface area (Å²) >= 11 is 1.75. The first-order valence-corrected chi connectivity index (χ1v) is 8.79. The van der Waals surface area contributed by atoms with Gasteiger partial charge in [-0.3, -0.25) is 4.90 Å². The number of hydrogen-bond donors (Lipinski definition) is 1. The van der Waals surface area contributed by atoms with Gasteiger partial charge < -0.3 is 4.98 Å². The predicted octanol–water partition coefficient (Wildman–Crippen LogP) is 3.47. The number of hydrogen-bond acceptors (Lipinski definition) is 4. The van der Waals surface area contributed by atoms with Crippen LogP contribution in [0.1, 0.15) is 23.7 Å². The number of nitrogens with zero attached hydrogens (tertiary/aromatic N) is 3. The molecule has 1 aromatic carbocycles. The molecule has 4 rings (SSSR count). The number of aromatic nitrogens is 3. The first kappa shape index (κ1) is 13.9. The summed E-state index contributed by atoms with van der Waals surface area (Å²) in [6.45, 7) is 3.35. The molecule has 0 saturated carbocycles. The topological polar surface area (TPSA) is 44.8 Å². The number of likely N-dealkylation sites (tertiary alicyclic amines) is 1. The van der Waals surface area contributed by atoms with Crippen molar-refractivity contribution in [1.82, 2.24) is 19.9 Å². The Hall–Kier alpha value is -1.72. The monoisotopic (exact) mass is 312 g/mol. The van der Waals surface area contributed by atoms with E-state index in [1.807, 2.05) is 12.3 Å². The van der Waals surface area contributed by atoms with Crippen LogP contribution in [0.25, 0.3) is 11.0 Å². The molecule has 3 heterocycles. The maximum atomic E-state index is 4.71. The summed E-state index contributed by atoms with van der Waals surface area (Å²) in [4.78, 5) is 15.1. The second kappa shape index (κ2) is 6.18. The van der Waals surface area contributed by atoms with Crippen LogP contribution in [-0.2, 0) is 13.0 Å². The number of benzene rings is 1. The van der Waals surface area contributed by atoms with Crippen LogP contribution in [0, 0.1) is 5.92 Å². The van der Waals surface area contributed by atoms with Crippen LogP contribution in [0.15, 0.2) is 35.8 Å². The van der Waals surface area contributed by atoms with Crippen molar-refractivity contribution in [1.29, 1.82) is 0 Å². The molecule has 0 atom stereocenters. The zero-order valence-corrected chi connectivity index (χ0v) is 13.4. The average Bonchev–Trinajstić information content (AvgIpc) is 3.18. The van der Waals surface area contributed by atoms with Gasteiger partial charge >= 0.3 is 0 Å². The Labute approximate surface area is 134 Å². The quantitative estimate of drug-likeness (QED) is 0.802. The first-order valence-electron chi connectivity index (χ1n) is 7.91. The lowest BCUT2D eigenvalue weighted by atomic mass is 9.93. The van der Waals surface area contributed by atoms with Gasteiger partial charge in [0.25, 0.3) is 0 Å². The largest absolute Gasteiger partial charge is 0.342 e. The van der Waals surface area contributed by atoms with E-state index in [-0.39, 0.29) is 0 Å². The molecule has 0 amide bonds. The second-order valence-corrected chi connectivity index (χ2v) is 7.03. The van der Waals surface area contributed by atoms with Crippen LogP contribution in [0.4, 0.5) is 0 Å². The number of para-hydroxylation sites is 2. The molecule has 0 unspecified atom stereocenters. The SMILES string of the molecule is c1ccc2[nH]c(CC3CCN(Cc4nccs4)CC3)nc2c1. The molecular formula is C17H20N4S. The van der Waals surface area contributed by atoms with Crippen molar-refractivity contribution in [2.24, 2.45) is 5.92 Å². The maximum Gasteiger partial charge on any atom is 0.107 e. The summed E-state index contributed by atoms with van der Waals surface area (Å²) < 4.78 is 0. The fourth-order valence-electron chi connectivity index (χ4n) is 3.25. The van der Waals surface area contributed by atoms with Gasteiger partial charge in [-0.1, -0.05) is 12.1 Å². The third kappa shape index (κ3) is 3.05. The lowest BCUT2D eigenvalue weighted by molar-refractivity contribution is 0.176. The van der Waals surface area contributed by atoms with Crippen LogP contribution in [0.5, 0.6) is 0 Å². The number of aromatic amines is 1. The highest BCUT2D eigenvalue weighted by Crippen LogP contribution is 2.23. The van der Waals surface area contributed by atoms with Gasteiger partial charge in [0.15, 0.2) is 0 Å². The minimum atomic E-state index is 0.744. The highest BCUT2D eigenvalue weighted by atomic mass is 32.1. The maximum absolute atomic E-state index is 4.71. The summed E-state index contributed by atoms with van der Waals surface area (Å²) in [6.07, 6.45) is 5.47. The second-order valence-electron chi connectivity index (χ2n) is 6.05. The van der Waals surface area contributed by atoms with Gasteiger partial charge in [0.1, 0.15) is 10.8 Å². The highest BCUT2D eigenvalue weighted by molar-refractivity contribution is 7.09. The molecule has 1 aliphatic rings. The smallest absolute Gasteiger partial charge is 0.107 e. The van der Waals surface area contributed by atoms with Crippen molar-refractivity contribution in [3.05, 3.63) is 46.7 Å². The summed E-state index contributed by atoms with van der Waals surface area (Å²) in [5.74, 6) is 1.88. The molecule has 1 aliphatic heterocycles. The minimum Gasteiger partial charge on any atom is -0.342 e. The van der Waals surface area contributed by atoms with Gasteiger partial charge in [-0.2, -0.15) is 0 Å². The number of imidazole rings is 1. The van der Waals surface area contributed by atoms with Crippen molar-refractivity contribution in [2.45, 2.75) is 25.8 Å². The Morgan fingerprint density at radius 3 is 2.86 bits per heavy atom. The number of H-pyrrole nitrogens is 1. The Balaban J connectivity index is 1.33. The lowest BCUT2D eigenvalue weighted by Gasteiger charge is -2.30. The molecule has 22 heavy (non-hydrogen) atoms. The highest BCUT2D eigenvalue weighted by Gasteiger charge is 2.21. The van der Waals surface area contributed by atoms with Crippen LogP contribution in [-0.4, -0.2) is 32.9 Å². The fraction of sp³-hybridized carbons (Fsp3) is 0.412. The molecule has 0 spiro atoms. The van der Waals surface area contributed by atoms with Gasteiger partial charge in [-0.25, -0.2) is 9.97 Å². The molecule has 4 nitrogen and oxygen atoms in total.